The lowest BCUT2D eigenvalue weighted by Gasteiger charge is -2.05. The Bertz CT molecular complexity index is 638. The van der Waals surface area contributed by atoms with Gasteiger partial charge in [-0.25, -0.2) is 9.78 Å². The molecule has 1 aromatic heterocycles. The van der Waals surface area contributed by atoms with Crippen LogP contribution in [0.3, 0.4) is 0 Å². The fraction of sp³-hybridized carbons (Fsp3) is 0.0714. The van der Waals surface area contributed by atoms with Crippen molar-refractivity contribution >= 4 is 17.7 Å². The Kier molecular flexibility index (Phi) is 3.56. The van der Waals surface area contributed by atoms with Crippen LogP contribution in [-0.4, -0.2) is 22.0 Å². The zero-order valence-corrected chi connectivity index (χ0v) is 10.3. The van der Waals surface area contributed by atoms with Crippen LogP contribution in [0.5, 0.6) is 0 Å². The molecule has 5 heteroatoms. The first-order chi connectivity index (χ1) is 9.06. The number of carbonyl (C=O) groups is 2. The Hall–Kier alpha value is -2.69. The number of benzene rings is 1. The number of carboxylic acids is 1. The third kappa shape index (κ3) is 3.16. The molecule has 0 spiro atoms. The van der Waals surface area contributed by atoms with E-state index in [1.165, 1.54) is 18.2 Å². The zero-order chi connectivity index (χ0) is 13.8. The van der Waals surface area contributed by atoms with E-state index in [0.717, 1.165) is 5.56 Å². The molecule has 2 aromatic rings. The van der Waals surface area contributed by atoms with Crippen molar-refractivity contribution < 1.29 is 14.7 Å². The number of nitrogens with zero attached hydrogens (tertiary/aromatic N) is 1. The van der Waals surface area contributed by atoms with Gasteiger partial charge >= 0.3 is 5.97 Å². The molecule has 1 aromatic carbocycles. The molecular formula is C14H12N2O3. The van der Waals surface area contributed by atoms with E-state index in [2.05, 4.69) is 10.3 Å². The minimum atomic E-state index is -1.07. The van der Waals surface area contributed by atoms with Crippen molar-refractivity contribution in [2.75, 3.05) is 5.32 Å². The van der Waals surface area contributed by atoms with E-state index >= 15 is 0 Å². The molecule has 0 radical (unpaired) electrons. The second-order valence-electron chi connectivity index (χ2n) is 4.06. The van der Waals surface area contributed by atoms with Crippen LogP contribution in [-0.2, 0) is 0 Å². The minimum absolute atomic E-state index is 0.0739. The maximum absolute atomic E-state index is 12.0. The van der Waals surface area contributed by atoms with E-state index in [0.29, 0.717) is 5.82 Å². The number of carboxylic acid groups (broad SMARTS) is 1. The molecule has 0 aliphatic carbocycles. The van der Waals surface area contributed by atoms with Crippen LogP contribution in [0.25, 0.3) is 0 Å². The van der Waals surface area contributed by atoms with Crippen LogP contribution < -0.4 is 5.32 Å². The molecule has 0 saturated carbocycles. The number of hydrogen-bond acceptors (Lipinski definition) is 3. The Morgan fingerprint density at radius 1 is 1.16 bits per heavy atom. The number of rotatable bonds is 3. The predicted octanol–water partition coefficient (Wildman–Crippen LogP) is 2.34. The van der Waals surface area contributed by atoms with Crippen LogP contribution >= 0.6 is 0 Å². The van der Waals surface area contributed by atoms with Crippen molar-refractivity contribution in [3.8, 4) is 0 Å². The predicted molar refractivity (Wildman–Crippen MR) is 70.3 cm³/mol. The highest BCUT2D eigenvalue weighted by atomic mass is 16.4. The number of aromatic nitrogens is 1. The van der Waals surface area contributed by atoms with Crippen LogP contribution in [0.15, 0.2) is 42.6 Å². The highest BCUT2D eigenvalue weighted by molar-refractivity contribution is 6.05. The topological polar surface area (TPSA) is 79.3 Å². The second kappa shape index (κ2) is 5.30. The van der Waals surface area contributed by atoms with Crippen LogP contribution in [0.2, 0.25) is 0 Å². The molecule has 0 fully saturated rings. The molecule has 0 aliphatic rings. The average Bonchev–Trinajstić information content (AvgIpc) is 2.39. The van der Waals surface area contributed by atoms with Gasteiger partial charge in [-0.15, -0.1) is 0 Å². The van der Waals surface area contributed by atoms with Gasteiger partial charge in [-0.3, -0.25) is 4.79 Å². The first kappa shape index (κ1) is 12.8. The van der Waals surface area contributed by atoms with Crippen LogP contribution in [0, 0.1) is 6.92 Å². The summed E-state index contributed by atoms with van der Waals surface area (Å²) in [7, 11) is 0. The van der Waals surface area contributed by atoms with Gasteiger partial charge in [0.1, 0.15) is 5.82 Å². The summed E-state index contributed by atoms with van der Waals surface area (Å²) in [4.78, 5) is 26.8. The molecular weight excluding hydrogens is 244 g/mol. The third-order valence-electron chi connectivity index (χ3n) is 2.53. The van der Waals surface area contributed by atoms with Gasteiger partial charge in [-0.2, -0.15) is 0 Å². The number of pyridine rings is 1. The first-order valence-electron chi connectivity index (χ1n) is 5.63. The summed E-state index contributed by atoms with van der Waals surface area (Å²) < 4.78 is 0. The van der Waals surface area contributed by atoms with Gasteiger partial charge in [0.25, 0.3) is 5.91 Å². The number of aromatic carboxylic acids is 1. The Morgan fingerprint density at radius 3 is 2.58 bits per heavy atom. The molecule has 5 nitrogen and oxygen atoms in total. The maximum Gasteiger partial charge on any atom is 0.335 e. The number of amides is 1. The highest BCUT2D eigenvalue weighted by Crippen LogP contribution is 2.10. The Labute approximate surface area is 109 Å². The minimum Gasteiger partial charge on any atom is -0.478 e. The fourth-order valence-corrected chi connectivity index (χ4v) is 1.59. The largest absolute Gasteiger partial charge is 0.478 e. The summed E-state index contributed by atoms with van der Waals surface area (Å²) in [5, 5.41) is 11.5. The van der Waals surface area contributed by atoms with Crippen molar-refractivity contribution in [3.05, 3.63) is 59.3 Å². The number of aryl methyl sites for hydroxylation is 1. The summed E-state index contributed by atoms with van der Waals surface area (Å²) in [5.74, 6) is -1.02. The van der Waals surface area contributed by atoms with E-state index in [-0.39, 0.29) is 17.0 Å². The molecule has 19 heavy (non-hydrogen) atoms. The molecule has 0 aliphatic heterocycles. The molecule has 1 heterocycles. The summed E-state index contributed by atoms with van der Waals surface area (Å²) >= 11 is 0. The van der Waals surface area contributed by atoms with Gasteiger partial charge < -0.3 is 10.4 Å². The summed E-state index contributed by atoms with van der Waals surface area (Å²) in [6.07, 6.45) is 1.60. The van der Waals surface area contributed by atoms with Gasteiger partial charge in [-0.1, -0.05) is 6.07 Å². The lowest BCUT2D eigenvalue weighted by molar-refractivity contribution is 0.0697. The van der Waals surface area contributed by atoms with Crippen molar-refractivity contribution in [2.45, 2.75) is 6.92 Å². The lowest BCUT2D eigenvalue weighted by atomic mass is 10.1. The van der Waals surface area contributed by atoms with E-state index in [1.54, 1.807) is 18.3 Å². The molecule has 2 rings (SSSR count). The Balaban J connectivity index is 2.20. The van der Waals surface area contributed by atoms with Gasteiger partial charge in [0, 0.05) is 11.8 Å². The third-order valence-corrected chi connectivity index (χ3v) is 2.53. The number of anilines is 1. The van der Waals surface area contributed by atoms with E-state index in [1.807, 2.05) is 13.0 Å². The van der Waals surface area contributed by atoms with Gasteiger partial charge in [0.15, 0.2) is 0 Å². The second-order valence-corrected chi connectivity index (χ2v) is 4.06. The molecule has 2 N–H and O–H groups in total. The van der Waals surface area contributed by atoms with Crippen molar-refractivity contribution in [2.24, 2.45) is 0 Å². The summed E-state index contributed by atoms with van der Waals surface area (Å²) in [6.45, 7) is 1.89. The van der Waals surface area contributed by atoms with Crippen molar-refractivity contribution in [1.29, 1.82) is 0 Å². The number of hydrogen-bond donors (Lipinski definition) is 2. The molecule has 0 saturated heterocycles. The zero-order valence-electron chi connectivity index (χ0n) is 10.3. The molecule has 1 amide bonds. The monoisotopic (exact) mass is 256 g/mol. The van der Waals surface area contributed by atoms with Crippen LogP contribution in [0.4, 0.5) is 5.82 Å². The maximum atomic E-state index is 12.0. The van der Waals surface area contributed by atoms with Crippen molar-refractivity contribution in [1.82, 2.24) is 4.98 Å². The van der Waals surface area contributed by atoms with Gasteiger partial charge in [-0.05, 0) is 42.8 Å². The summed E-state index contributed by atoms with van der Waals surface area (Å²) in [5.41, 5.74) is 1.33. The smallest absolute Gasteiger partial charge is 0.335 e. The summed E-state index contributed by atoms with van der Waals surface area (Å²) in [6, 6.07) is 9.40. The molecule has 96 valence electrons. The molecule has 0 unspecified atom stereocenters. The number of carbonyl (C=O) groups excluding carboxylic acids is 1. The Morgan fingerprint density at radius 2 is 1.89 bits per heavy atom. The van der Waals surface area contributed by atoms with Crippen LogP contribution in [0.1, 0.15) is 26.3 Å². The SMILES string of the molecule is Cc1ccnc(NC(=O)c2cccc(C(=O)O)c2)c1. The number of nitrogens with one attached hydrogen (secondary N) is 1. The van der Waals surface area contributed by atoms with E-state index < -0.39 is 5.97 Å². The molecule has 0 bridgehead atoms. The standard InChI is InChI=1S/C14H12N2O3/c1-9-5-6-15-12(7-9)16-13(17)10-3-2-4-11(8-10)14(18)19/h2-8H,1H3,(H,18,19)(H,15,16,17). The quantitative estimate of drug-likeness (QED) is 0.883. The highest BCUT2D eigenvalue weighted by Gasteiger charge is 2.10. The molecule has 0 atom stereocenters. The average molecular weight is 256 g/mol. The van der Waals surface area contributed by atoms with E-state index in [9.17, 15) is 9.59 Å². The first-order valence-corrected chi connectivity index (χ1v) is 5.63. The lowest BCUT2D eigenvalue weighted by Crippen LogP contribution is -2.13. The van der Waals surface area contributed by atoms with Gasteiger partial charge in [0.2, 0.25) is 0 Å². The van der Waals surface area contributed by atoms with Gasteiger partial charge in [0.05, 0.1) is 5.56 Å². The van der Waals surface area contributed by atoms with Crippen molar-refractivity contribution in [3.63, 3.8) is 0 Å². The van der Waals surface area contributed by atoms with E-state index in [4.69, 9.17) is 5.11 Å². The normalized spacial score (nSPS) is 9.95. The fourth-order valence-electron chi connectivity index (χ4n) is 1.59.